The molecule has 0 bridgehead atoms. The first-order valence-corrected chi connectivity index (χ1v) is 13.9. The summed E-state index contributed by atoms with van der Waals surface area (Å²) in [4.78, 5) is 31.1. The van der Waals surface area contributed by atoms with Crippen molar-refractivity contribution in [1.82, 2.24) is 13.8 Å². The Morgan fingerprint density at radius 1 is 1.14 bits per heavy atom. The van der Waals surface area contributed by atoms with Crippen LogP contribution in [0.5, 0.6) is 0 Å². The molecular formula is C24H25ClN4O5S2. The van der Waals surface area contributed by atoms with Crippen molar-refractivity contribution in [3.63, 3.8) is 0 Å². The first-order chi connectivity index (χ1) is 17.2. The van der Waals surface area contributed by atoms with E-state index in [2.05, 4.69) is 11.6 Å². The molecule has 1 aliphatic heterocycles. The number of carbonyl (C=O) groups is 2. The highest BCUT2D eigenvalue weighted by molar-refractivity contribution is 7.89. The van der Waals surface area contributed by atoms with Crippen molar-refractivity contribution in [3.8, 4) is 0 Å². The fraction of sp³-hybridized carbons (Fsp3) is 0.292. The molecule has 2 amide bonds. The second-order valence-electron chi connectivity index (χ2n) is 7.93. The van der Waals surface area contributed by atoms with Crippen LogP contribution in [0.3, 0.4) is 0 Å². The molecule has 0 saturated carbocycles. The molecule has 1 aromatic heterocycles. The summed E-state index contributed by atoms with van der Waals surface area (Å²) in [5.74, 6) is -0.488. The molecule has 9 nitrogen and oxygen atoms in total. The van der Waals surface area contributed by atoms with Gasteiger partial charge in [0.1, 0.15) is 0 Å². The smallest absolute Gasteiger partial charge is 0.409 e. The molecule has 0 N–H and O–H groups in total. The van der Waals surface area contributed by atoms with E-state index in [-0.39, 0.29) is 43.2 Å². The number of nitrogens with zero attached hydrogens (tertiary/aromatic N) is 4. The summed E-state index contributed by atoms with van der Waals surface area (Å²) in [7, 11) is -3.77. The zero-order chi connectivity index (χ0) is 25.9. The summed E-state index contributed by atoms with van der Waals surface area (Å²) in [6.45, 7) is 7.05. The molecule has 12 heteroatoms. The van der Waals surface area contributed by atoms with Gasteiger partial charge in [-0.1, -0.05) is 29.0 Å². The lowest BCUT2D eigenvalue weighted by molar-refractivity contribution is 0.0933. The van der Waals surface area contributed by atoms with Gasteiger partial charge >= 0.3 is 6.09 Å². The number of halogens is 1. The number of hydrogen-bond acceptors (Lipinski definition) is 6. The standard InChI is InChI=1S/C24H25ClN4O5S2/c1-3-11-29-20-10-7-18(25)16-21(20)35-23(29)26-22(30)17-5-8-19(9-6-17)36(32,33)28-14-12-27(13-15-28)24(31)34-4-2/h3,5-10,16H,1,4,11-15H2,2H3. The van der Waals surface area contributed by atoms with E-state index in [0.717, 1.165) is 10.2 Å². The minimum Gasteiger partial charge on any atom is -0.450 e. The number of benzene rings is 2. The highest BCUT2D eigenvalue weighted by Crippen LogP contribution is 2.22. The van der Waals surface area contributed by atoms with E-state index in [0.29, 0.717) is 16.4 Å². The fourth-order valence-corrected chi connectivity index (χ4v) is 6.57. The van der Waals surface area contributed by atoms with E-state index >= 15 is 0 Å². The van der Waals surface area contributed by atoms with Gasteiger partial charge in [0, 0.05) is 43.3 Å². The third kappa shape index (κ3) is 5.39. The van der Waals surface area contributed by atoms with Gasteiger partial charge in [-0.15, -0.1) is 6.58 Å². The third-order valence-corrected chi connectivity index (χ3v) is 8.85. The number of rotatable bonds is 6. The molecule has 2 heterocycles. The molecule has 190 valence electrons. The van der Waals surface area contributed by atoms with E-state index in [1.807, 2.05) is 16.7 Å². The number of amides is 2. The molecule has 1 saturated heterocycles. The lowest BCUT2D eigenvalue weighted by atomic mass is 10.2. The molecule has 1 aliphatic rings. The second kappa shape index (κ2) is 11.0. The van der Waals surface area contributed by atoms with Gasteiger partial charge in [0.05, 0.1) is 21.7 Å². The first-order valence-electron chi connectivity index (χ1n) is 11.3. The lowest BCUT2D eigenvalue weighted by Gasteiger charge is -2.33. The minimum absolute atomic E-state index is 0.0712. The molecule has 0 unspecified atom stereocenters. The summed E-state index contributed by atoms with van der Waals surface area (Å²) in [5, 5.41) is 0.589. The first kappa shape index (κ1) is 26.1. The van der Waals surface area contributed by atoms with Crippen molar-refractivity contribution in [2.24, 2.45) is 4.99 Å². The normalized spacial score (nSPS) is 15.3. The largest absolute Gasteiger partial charge is 0.450 e. The van der Waals surface area contributed by atoms with Gasteiger partial charge in [0.25, 0.3) is 5.91 Å². The highest BCUT2D eigenvalue weighted by atomic mass is 35.5. The number of piperazine rings is 1. The maximum Gasteiger partial charge on any atom is 0.409 e. The molecule has 3 aromatic rings. The summed E-state index contributed by atoms with van der Waals surface area (Å²) >= 11 is 7.44. The van der Waals surface area contributed by atoms with Crippen LogP contribution in [-0.4, -0.2) is 67.0 Å². The van der Waals surface area contributed by atoms with Crippen LogP contribution >= 0.6 is 22.9 Å². The Hall–Kier alpha value is -2.99. The Balaban J connectivity index is 1.53. The summed E-state index contributed by atoms with van der Waals surface area (Å²) in [6.07, 6.45) is 1.27. The van der Waals surface area contributed by atoms with Crippen molar-refractivity contribution in [1.29, 1.82) is 0 Å². The van der Waals surface area contributed by atoms with Crippen LogP contribution in [0.25, 0.3) is 10.2 Å². The van der Waals surface area contributed by atoms with Gasteiger partial charge in [0.2, 0.25) is 10.0 Å². The van der Waals surface area contributed by atoms with Crippen LogP contribution in [0.1, 0.15) is 17.3 Å². The van der Waals surface area contributed by atoms with Crippen LogP contribution in [-0.2, 0) is 21.3 Å². The number of carbonyl (C=O) groups excluding carboxylic acids is 2. The van der Waals surface area contributed by atoms with Crippen LogP contribution < -0.4 is 4.80 Å². The molecule has 2 aromatic carbocycles. The number of allylic oxidation sites excluding steroid dienone is 1. The van der Waals surface area contributed by atoms with E-state index < -0.39 is 22.0 Å². The SMILES string of the molecule is C=CCn1c(=NC(=O)c2ccc(S(=O)(=O)N3CCN(C(=O)OCC)CC3)cc2)sc2cc(Cl)ccc21. The van der Waals surface area contributed by atoms with Gasteiger partial charge < -0.3 is 14.2 Å². The van der Waals surface area contributed by atoms with Crippen molar-refractivity contribution in [3.05, 3.63) is 70.5 Å². The predicted molar refractivity (Wildman–Crippen MR) is 139 cm³/mol. The molecule has 0 aliphatic carbocycles. The monoisotopic (exact) mass is 548 g/mol. The highest BCUT2D eigenvalue weighted by Gasteiger charge is 2.30. The van der Waals surface area contributed by atoms with E-state index in [4.69, 9.17) is 16.3 Å². The number of fused-ring (bicyclic) bond motifs is 1. The molecule has 0 spiro atoms. The molecular weight excluding hydrogens is 524 g/mol. The number of sulfonamides is 1. The number of thiazole rings is 1. The van der Waals surface area contributed by atoms with Crippen LogP contribution in [0.15, 0.2) is 65.0 Å². The van der Waals surface area contributed by atoms with Crippen molar-refractivity contribution in [2.75, 3.05) is 32.8 Å². The predicted octanol–water partition coefficient (Wildman–Crippen LogP) is 3.75. The van der Waals surface area contributed by atoms with Gasteiger partial charge in [-0.05, 0) is 49.4 Å². The number of hydrogen-bond donors (Lipinski definition) is 0. The van der Waals surface area contributed by atoms with E-state index in [9.17, 15) is 18.0 Å². The van der Waals surface area contributed by atoms with Crippen molar-refractivity contribution < 1.29 is 22.7 Å². The maximum atomic E-state index is 13.1. The fourth-order valence-electron chi connectivity index (χ4n) is 3.83. The average Bonchev–Trinajstić information content (AvgIpc) is 3.20. The average molecular weight is 549 g/mol. The minimum atomic E-state index is -3.77. The van der Waals surface area contributed by atoms with Gasteiger partial charge in [-0.3, -0.25) is 4.79 Å². The molecule has 0 atom stereocenters. The summed E-state index contributed by atoms with van der Waals surface area (Å²) in [6, 6.07) is 11.2. The topological polar surface area (TPSA) is 101 Å². The van der Waals surface area contributed by atoms with Crippen molar-refractivity contribution >= 4 is 55.2 Å². The quantitative estimate of drug-likeness (QED) is 0.437. The maximum absolute atomic E-state index is 13.1. The Morgan fingerprint density at radius 2 is 1.83 bits per heavy atom. The molecule has 1 fully saturated rings. The van der Waals surface area contributed by atoms with Gasteiger partial charge in [-0.25, -0.2) is 13.2 Å². The Bertz CT molecular complexity index is 1470. The Morgan fingerprint density at radius 3 is 2.47 bits per heavy atom. The van der Waals surface area contributed by atoms with E-state index in [1.165, 1.54) is 44.8 Å². The van der Waals surface area contributed by atoms with Crippen LogP contribution in [0.2, 0.25) is 5.02 Å². The molecule has 0 radical (unpaired) electrons. The van der Waals surface area contributed by atoms with Gasteiger partial charge in [-0.2, -0.15) is 9.30 Å². The second-order valence-corrected chi connectivity index (χ2v) is 11.3. The zero-order valence-electron chi connectivity index (χ0n) is 19.6. The van der Waals surface area contributed by atoms with Crippen LogP contribution in [0, 0.1) is 0 Å². The Kier molecular flexibility index (Phi) is 7.94. The zero-order valence-corrected chi connectivity index (χ0v) is 22.0. The molecule has 36 heavy (non-hydrogen) atoms. The third-order valence-electron chi connectivity index (χ3n) is 5.66. The number of aromatic nitrogens is 1. The number of ether oxygens (including phenoxy) is 1. The van der Waals surface area contributed by atoms with Crippen LogP contribution in [0.4, 0.5) is 4.79 Å². The van der Waals surface area contributed by atoms with Crippen molar-refractivity contribution in [2.45, 2.75) is 18.4 Å². The summed E-state index contributed by atoms with van der Waals surface area (Å²) in [5.41, 5.74) is 1.15. The molecule has 4 rings (SSSR count). The van der Waals surface area contributed by atoms with E-state index in [1.54, 1.807) is 19.1 Å². The Labute approximate surface area is 217 Å². The van der Waals surface area contributed by atoms with Gasteiger partial charge in [0.15, 0.2) is 4.80 Å². The lowest BCUT2D eigenvalue weighted by Crippen LogP contribution is -2.50. The summed E-state index contributed by atoms with van der Waals surface area (Å²) < 4.78 is 35.2.